The smallest absolute Gasteiger partial charge is 0.312 e. The molecule has 5 nitrogen and oxygen atoms in total. The highest BCUT2D eigenvalue weighted by Crippen LogP contribution is 2.35. The Morgan fingerprint density at radius 2 is 2.08 bits per heavy atom. The maximum Gasteiger partial charge on any atom is 0.312 e. The van der Waals surface area contributed by atoms with Crippen LogP contribution in [0.2, 0.25) is 5.02 Å². The van der Waals surface area contributed by atoms with Gasteiger partial charge < -0.3 is 16.0 Å². The molecular weight excluding hydrogens is 358 g/mol. The molecule has 1 saturated heterocycles. The number of urea groups is 1. The first kappa shape index (κ1) is 17.8. The van der Waals surface area contributed by atoms with Crippen molar-refractivity contribution in [2.45, 2.75) is 31.3 Å². The van der Waals surface area contributed by atoms with Gasteiger partial charge in [0.1, 0.15) is 0 Å². The molecule has 1 fully saturated rings. The molecule has 7 heteroatoms. The minimum absolute atomic E-state index is 0.0181. The molecule has 0 aliphatic carbocycles. The van der Waals surface area contributed by atoms with Gasteiger partial charge in [-0.2, -0.15) is 0 Å². The van der Waals surface area contributed by atoms with Crippen LogP contribution in [-0.4, -0.2) is 23.4 Å². The quantitative estimate of drug-likeness (QED) is 0.829. The van der Waals surface area contributed by atoms with E-state index in [9.17, 15) is 9.59 Å². The van der Waals surface area contributed by atoms with E-state index in [-0.39, 0.29) is 18.4 Å². The molecular formula is C18H20ClN3O2S. The van der Waals surface area contributed by atoms with E-state index in [1.807, 2.05) is 16.3 Å². The number of amides is 3. The SMILES string of the molecule is NC(=O)NC(CC(=O)N1CCCC1c1cccs1)c1ccc(Cl)cc1. The minimum Gasteiger partial charge on any atom is -0.352 e. The first-order valence-electron chi connectivity index (χ1n) is 8.19. The molecule has 0 saturated carbocycles. The second-order valence-electron chi connectivity index (χ2n) is 6.08. The van der Waals surface area contributed by atoms with Gasteiger partial charge >= 0.3 is 6.03 Å². The van der Waals surface area contributed by atoms with Crippen molar-refractivity contribution in [3.05, 3.63) is 57.2 Å². The number of halogens is 1. The van der Waals surface area contributed by atoms with Gasteiger partial charge in [0.2, 0.25) is 5.91 Å². The van der Waals surface area contributed by atoms with Crippen LogP contribution in [0, 0.1) is 0 Å². The number of nitrogens with two attached hydrogens (primary N) is 1. The summed E-state index contributed by atoms with van der Waals surface area (Å²) in [6, 6.07) is 10.2. The highest BCUT2D eigenvalue weighted by molar-refractivity contribution is 7.10. The van der Waals surface area contributed by atoms with Crippen molar-refractivity contribution in [3.8, 4) is 0 Å². The number of likely N-dealkylation sites (tertiary alicyclic amines) is 1. The number of benzene rings is 1. The predicted octanol–water partition coefficient (Wildman–Crippen LogP) is 3.86. The van der Waals surface area contributed by atoms with Gasteiger partial charge in [-0.1, -0.05) is 29.8 Å². The van der Waals surface area contributed by atoms with E-state index >= 15 is 0 Å². The van der Waals surface area contributed by atoms with Crippen molar-refractivity contribution in [1.82, 2.24) is 10.2 Å². The molecule has 2 unspecified atom stereocenters. The van der Waals surface area contributed by atoms with Gasteiger partial charge in [0, 0.05) is 16.4 Å². The van der Waals surface area contributed by atoms with Crippen molar-refractivity contribution in [2.75, 3.05) is 6.54 Å². The number of hydrogen-bond donors (Lipinski definition) is 2. The highest BCUT2D eigenvalue weighted by atomic mass is 35.5. The summed E-state index contributed by atoms with van der Waals surface area (Å²) >= 11 is 7.59. The minimum atomic E-state index is -0.649. The van der Waals surface area contributed by atoms with Crippen LogP contribution in [0.15, 0.2) is 41.8 Å². The van der Waals surface area contributed by atoms with Crippen LogP contribution in [0.4, 0.5) is 4.79 Å². The van der Waals surface area contributed by atoms with E-state index in [0.717, 1.165) is 24.9 Å². The fraction of sp³-hybridized carbons (Fsp3) is 0.333. The lowest BCUT2D eigenvalue weighted by molar-refractivity contribution is -0.132. The molecule has 1 aliphatic rings. The van der Waals surface area contributed by atoms with Crippen molar-refractivity contribution in [2.24, 2.45) is 5.73 Å². The predicted molar refractivity (Wildman–Crippen MR) is 99.5 cm³/mol. The summed E-state index contributed by atoms with van der Waals surface area (Å²) in [7, 11) is 0. The summed E-state index contributed by atoms with van der Waals surface area (Å²) in [5.74, 6) is 0.0181. The Morgan fingerprint density at radius 3 is 2.72 bits per heavy atom. The maximum atomic E-state index is 12.9. The van der Waals surface area contributed by atoms with E-state index in [1.165, 1.54) is 4.88 Å². The van der Waals surface area contributed by atoms with Gasteiger partial charge in [0.15, 0.2) is 0 Å². The summed E-state index contributed by atoms with van der Waals surface area (Å²) in [4.78, 5) is 27.4. The Hall–Kier alpha value is -2.05. The van der Waals surface area contributed by atoms with Crippen molar-refractivity contribution >= 4 is 34.9 Å². The first-order valence-corrected chi connectivity index (χ1v) is 9.44. The Labute approximate surface area is 155 Å². The van der Waals surface area contributed by atoms with Crippen molar-refractivity contribution < 1.29 is 9.59 Å². The van der Waals surface area contributed by atoms with Gasteiger partial charge in [-0.25, -0.2) is 4.79 Å². The average Bonchev–Trinajstić information content (AvgIpc) is 3.25. The van der Waals surface area contributed by atoms with Crippen LogP contribution in [0.25, 0.3) is 0 Å². The number of nitrogens with zero attached hydrogens (tertiary/aromatic N) is 1. The number of rotatable bonds is 5. The van der Waals surface area contributed by atoms with Crippen LogP contribution in [0.5, 0.6) is 0 Å². The summed E-state index contributed by atoms with van der Waals surface area (Å²) in [6.07, 6.45) is 2.14. The van der Waals surface area contributed by atoms with Gasteiger partial charge in [0.05, 0.1) is 18.5 Å². The molecule has 0 spiro atoms. The van der Waals surface area contributed by atoms with Gasteiger partial charge in [-0.05, 0) is 42.0 Å². The van der Waals surface area contributed by atoms with Crippen molar-refractivity contribution in [1.29, 1.82) is 0 Å². The first-order chi connectivity index (χ1) is 12.0. The van der Waals surface area contributed by atoms with E-state index < -0.39 is 12.1 Å². The second-order valence-corrected chi connectivity index (χ2v) is 7.49. The Bertz CT molecular complexity index is 733. The summed E-state index contributed by atoms with van der Waals surface area (Å²) in [5.41, 5.74) is 6.10. The third kappa shape index (κ3) is 4.32. The molecule has 1 aromatic carbocycles. The Morgan fingerprint density at radius 1 is 1.32 bits per heavy atom. The monoisotopic (exact) mass is 377 g/mol. The third-order valence-corrected chi connectivity index (χ3v) is 5.64. The van der Waals surface area contributed by atoms with Crippen LogP contribution < -0.4 is 11.1 Å². The molecule has 0 bridgehead atoms. The number of primary amides is 1. The molecule has 0 radical (unpaired) electrons. The highest BCUT2D eigenvalue weighted by Gasteiger charge is 2.32. The van der Waals surface area contributed by atoms with E-state index in [4.69, 9.17) is 17.3 Å². The number of nitrogens with one attached hydrogen (secondary N) is 1. The molecule has 1 aliphatic heterocycles. The van der Waals surface area contributed by atoms with E-state index in [0.29, 0.717) is 5.02 Å². The van der Waals surface area contributed by atoms with Crippen LogP contribution in [-0.2, 0) is 4.79 Å². The molecule has 3 amide bonds. The zero-order valence-corrected chi connectivity index (χ0v) is 15.2. The molecule has 3 rings (SSSR count). The van der Waals surface area contributed by atoms with Crippen LogP contribution in [0.1, 0.15) is 41.8 Å². The standard InChI is InChI=1S/C18H20ClN3O2S/c19-13-7-5-12(6-8-13)14(21-18(20)24)11-17(23)22-9-1-3-15(22)16-4-2-10-25-16/h2,4-8,10,14-15H,1,3,9,11H2,(H3,20,21,24). The van der Waals surface area contributed by atoms with Gasteiger partial charge in [0.25, 0.3) is 0 Å². The topological polar surface area (TPSA) is 75.4 Å². The summed E-state index contributed by atoms with van der Waals surface area (Å²) in [5, 5.41) is 5.30. The molecule has 132 valence electrons. The number of carbonyl (C=O) groups excluding carboxylic acids is 2. The lowest BCUT2D eigenvalue weighted by Crippen LogP contribution is -2.38. The van der Waals surface area contributed by atoms with Crippen LogP contribution >= 0.6 is 22.9 Å². The average molecular weight is 378 g/mol. The van der Waals surface area contributed by atoms with E-state index in [1.54, 1.807) is 35.6 Å². The fourth-order valence-corrected chi connectivity index (χ4v) is 4.25. The number of hydrogen-bond acceptors (Lipinski definition) is 3. The van der Waals surface area contributed by atoms with Crippen LogP contribution in [0.3, 0.4) is 0 Å². The third-order valence-electron chi connectivity index (χ3n) is 4.41. The van der Waals surface area contributed by atoms with E-state index in [2.05, 4.69) is 11.4 Å². The zero-order chi connectivity index (χ0) is 17.8. The Kier molecular flexibility index (Phi) is 5.60. The normalized spacial score (nSPS) is 18.1. The maximum absolute atomic E-state index is 12.9. The lowest BCUT2D eigenvalue weighted by Gasteiger charge is -2.26. The lowest BCUT2D eigenvalue weighted by atomic mass is 10.0. The molecule has 3 N–H and O–H groups in total. The van der Waals surface area contributed by atoms with Crippen molar-refractivity contribution in [3.63, 3.8) is 0 Å². The number of thiophene rings is 1. The Balaban J connectivity index is 1.75. The number of carbonyl (C=O) groups is 2. The molecule has 25 heavy (non-hydrogen) atoms. The van der Waals surface area contributed by atoms with Gasteiger partial charge in [-0.15, -0.1) is 11.3 Å². The molecule has 2 heterocycles. The molecule has 2 atom stereocenters. The molecule has 1 aromatic heterocycles. The summed E-state index contributed by atoms with van der Waals surface area (Å²) in [6.45, 7) is 0.741. The fourth-order valence-electron chi connectivity index (χ4n) is 3.25. The largest absolute Gasteiger partial charge is 0.352 e. The van der Waals surface area contributed by atoms with Gasteiger partial charge in [-0.3, -0.25) is 4.79 Å². The zero-order valence-electron chi connectivity index (χ0n) is 13.7. The molecule has 2 aromatic rings. The summed E-state index contributed by atoms with van der Waals surface area (Å²) < 4.78 is 0. The second kappa shape index (κ2) is 7.89.